The monoisotopic (exact) mass is 354 g/mol. The molecule has 1 fully saturated rings. The van der Waals surface area contributed by atoms with Gasteiger partial charge in [-0.05, 0) is 17.7 Å². The van der Waals surface area contributed by atoms with Gasteiger partial charge in [0.1, 0.15) is 18.0 Å². The number of carbonyl (C=O) groups is 2. The van der Waals surface area contributed by atoms with Crippen LogP contribution in [-0.2, 0) is 30.4 Å². The minimum Gasteiger partial charge on any atom is -0.465 e. The van der Waals surface area contributed by atoms with Crippen molar-refractivity contribution in [1.29, 1.82) is 0 Å². The zero-order valence-electron chi connectivity index (χ0n) is 14.1. The summed E-state index contributed by atoms with van der Waals surface area (Å²) >= 11 is 0. The molecule has 2 rings (SSSR count). The van der Waals surface area contributed by atoms with Crippen molar-refractivity contribution in [1.82, 2.24) is 0 Å². The van der Waals surface area contributed by atoms with Crippen LogP contribution >= 0.6 is 0 Å². The van der Waals surface area contributed by atoms with Gasteiger partial charge in [0.2, 0.25) is 6.29 Å². The number of hydrogen-bond donors (Lipinski definition) is 2. The third-order valence-corrected chi connectivity index (χ3v) is 3.66. The first kappa shape index (κ1) is 19.2. The van der Waals surface area contributed by atoms with Crippen LogP contribution in [0.3, 0.4) is 0 Å². The largest absolute Gasteiger partial charge is 0.465 e. The first-order valence-corrected chi connectivity index (χ1v) is 7.90. The van der Waals surface area contributed by atoms with Crippen molar-refractivity contribution in [2.45, 2.75) is 51.5 Å². The fraction of sp³-hybridized carbons (Fsp3) is 0.529. The molecule has 0 aliphatic carbocycles. The summed E-state index contributed by atoms with van der Waals surface area (Å²) in [6, 6.07) is 6.74. The number of rotatable bonds is 6. The van der Waals surface area contributed by atoms with Gasteiger partial charge in [0.15, 0.2) is 6.10 Å². The normalized spacial score (nSPS) is 25.9. The topological polar surface area (TPSA) is 112 Å². The molecule has 1 aliphatic heterocycles. The Hall–Kier alpha value is -2.16. The van der Waals surface area contributed by atoms with Gasteiger partial charge in [-0.15, -0.1) is 0 Å². The molecule has 1 aromatic rings. The summed E-state index contributed by atoms with van der Waals surface area (Å²) in [5.74, 6) is -0.610. The molecule has 4 unspecified atom stereocenters. The summed E-state index contributed by atoms with van der Waals surface area (Å²) in [7, 11) is 0. The average molecular weight is 354 g/mol. The fourth-order valence-electron chi connectivity index (χ4n) is 2.61. The Labute approximate surface area is 145 Å². The van der Waals surface area contributed by atoms with E-state index in [2.05, 4.69) is 0 Å². The van der Waals surface area contributed by atoms with Crippen molar-refractivity contribution in [2.75, 3.05) is 6.61 Å². The summed E-state index contributed by atoms with van der Waals surface area (Å²) in [6.45, 7) is 1.96. The van der Waals surface area contributed by atoms with Gasteiger partial charge in [0, 0.05) is 13.8 Å². The van der Waals surface area contributed by atoms with Crippen LogP contribution < -0.4 is 4.74 Å². The number of carbonyl (C=O) groups excluding carboxylic acids is 2. The molecule has 25 heavy (non-hydrogen) atoms. The van der Waals surface area contributed by atoms with E-state index >= 15 is 0 Å². The van der Waals surface area contributed by atoms with Crippen molar-refractivity contribution in [3.63, 3.8) is 0 Å². The summed E-state index contributed by atoms with van der Waals surface area (Å²) in [5.41, 5.74) is 0.734. The second-order valence-corrected chi connectivity index (χ2v) is 5.66. The molecule has 1 aromatic carbocycles. The lowest BCUT2D eigenvalue weighted by Crippen LogP contribution is -2.54. The molecule has 0 radical (unpaired) electrons. The van der Waals surface area contributed by atoms with Crippen molar-refractivity contribution in [3.05, 3.63) is 29.8 Å². The number of hydrogen-bond acceptors (Lipinski definition) is 8. The van der Waals surface area contributed by atoms with Gasteiger partial charge in [-0.25, -0.2) is 0 Å². The lowest BCUT2D eigenvalue weighted by Gasteiger charge is -2.39. The Morgan fingerprint density at radius 2 is 1.76 bits per heavy atom. The Morgan fingerprint density at radius 3 is 2.28 bits per heavy atom. The molecule has 0 aromatic heterocycles. The van der Waals surface area contributed by atoms with Gasteiger partial charge in [-0.1, -0.05) is 12.1 Å². The van der Waals surface area contributed by atoms with Crippen molar-refractivity contribution < 1.29 is 38.7 Å². The predicted octanol–water partition coefficient (Wildman–Crippen LogP) is 0.528. The Kier molecular flexibility index (Phi) is 6.74. The summed E-state index contributed by atoms with van der Waals surface area (Å²) < 4.78 is 21.7. The molecule has 1 heterocycles. The second kappa shape index (κ2) is 8.80. The van der Waals surface area contributed by atoms with Gasteiger partial charge < -0.3 is 29.2 Å². The number of aliphatic hydroxyl groups excluding tert-OH is 2. The van der Waals surface area contributed by atoms with Crippen LogP contribution in [0.25, 0.3) is 0 Å². The van der Waals surface area contributed by atoms with E-state index < -0.39 is 43.1 Å². The minimum absolute atomic E-state index is 0.0780. The molecule has 138 valence electrons. The number of ether oxygens (including phenoxy) is 4. The van der Waals surface area contributed by atoms with Crippen LogP contribution in [0.5, 0.6) is 5.75 Å². The van der Waals surface area contributed by atoms with Gasteiger partial charge in [0.25, 0.3) is 0 Å². The van der Waals surface area contributed by atoms with Crippen LogP contribution in [0.4, 0.5) is 0 Å². The molecule has 0 spiro atoms. The Bertz CT molecular complexity index is 585. The summed E-state index contributed by atoms with van der Waals surface area (Å²) in [4.78, 5) is 22.6. The SMILES string of the molecule is CC(=O)OC1CC(Oc2ccc(CO)cc2)OC(CO)C1OC(C)=O. The third-order valence-electron chi connectivity index (χ3n) is 3.66. The molecule has 0 bridgehead atoms. The first-order valence-electron chi connectivity index (χ1n) is 7.90. The number of benzene rings is 1. The van der Waals surface area contributed by atoms with Crippen LogP contribution in [0.2, 0.25) is 0 Å². The molecule has 0 saturated carbocycles. The van der Waals surface area contributed by atoms with Gasteiger partial charge in [0.05, 0.1) is 19.6 Å². The zero-order valence-corrected chi connectivity index (χ0v) is 14.1. The standard InChI is InChI=1S/C17H22O8/c1-10(20)22-14-7-16(24-13-5-3-12(8-18)4-6-13)25-15(9-19)17(14)23-11(2)21/h3-6,14-19H,7-9H2,1-2H3. The first-order chi connectivity index (χ1) is 11.9. The highest BCUT2D eigenvalue weighted by atomic mass is 16.7. The summed E-state index contributed by atoms with van der Waals surface area (Å²) in [5, 5.41) is 18.6. The highest BCUT2D eigenvalue weighted by Gasteiger charge is 2.43. The molecule has 1 saturated heterocycles. The molecule has 1 aliphatic rings. The molecular formula is C17H22O8. The fourth-order valence-corrected chi connectivity index (χ4v) is 2.61. The minimum atomic E-state index is -0.914. The Balaban J connectivity index is 2.11. The van der Waals surface area contributed by atoms with Crippen LogP contribution in [0.1, 0.15) is 25.8 Å². The number of aliphatic hydroxyl groups is 2. The maximum absolute atomic E-state index is 11.3. The molecular weight excluding hydrogens is 332 g/mol. The Morgan fingerprint density at radius 1 is 1.12 bits per heavy atom. The molecule has 8 heteroatoms. The maximum Gasteiger partial charge on any atom is 0.303 e. The highest BCUT2D eigenvalue weighted by Crippen LogP contribution is 2.28. The quantitative estimate of drug-likeness (QED) is 0.712. The molecule has 0 amide bonds. The maximum atomic E-state index is 11.3. The van der Waals surface area contributed by atoms with E-state index in [0.29, 0.717) is 5.75 Å². The lowest BCUT2D eigenvalue weighted by atomic mass is 10.0. The van der Waals surface area contributed by atoms with E-state index in [1.54, 1.807) is 24.3 Å². The lowest BCUT2D eigenvalue weighted by molar-refractivity contribution is -0.243. The second-order valence-electron chi connectivity index (χ2n) is 5.66. The predicted molar refractivity (Wildman–Crippen MR) is 84.5 cm³/mol. The van der Waals surface area contributed by atoms with Gasteiger partial charge >= 0.3 is 11.9 Å². The highest BCUT2D eigenvalue weighted by molar-refractivity contribution is 5.67. The van der Waals surface area contributed by atoms with Crippen LogP contribution in [-0.4, -0.2) is 53.4 Å². The van der Waals surface area contributed by atoms with Crippen molar-refractivity contribution >= 4 is 11.9 Å². The van der Waals surface area contributed by atoms with E-state index in [1.165, 1.54) is 13.8 Å². The van der Waals surface area contributed by atoms with Crippen molar-refractivity contribution in [2.24, 2.45) is 0 Å². The van der Waals surface area contributed by atoms with E-state index in [4.69, 9.17) is 24.1 Å². The molecule has 8 nitrogen and oxygen atoms in total. The zero-order chi connectivity index (χ0) is 18.4. The smallest absolute Gasteiger partial charge is 0.303 e. The van der Waals surface area contributed by atoms with E-state index in [1.807, 2.05) is 0 Å². The van der Waals surface area contributed by atoms with Gasteiger partial charge in [-0.2, -0.15) is 0 Å². The molecule has 2 N–H and O–H groups in total. The van der Waals surface area contributed by atoms with E-state index in [9.17, 15) is 14.7 Å². The third kappa shape index (κ3) is 5.42. The van der Waals surface area contributed by atoms with Crippen LogP contribution in [0, 0.1) is 0 Å². The van der Waals surface area contributed by atoms with E-state index in [-0.39, 0.29) is 13.0 Å². The summed E-state index contributed by atoms with van der Waals surface area (Å²) in [6.07, 6.45) is -3.26. The van der Waals surface area contributed by atoms with Crippen molar-refractivity contribution in [3.8, 4) is 5.75 Å². The average Bonchev–Trinajstić information content (AvgIpc) is 2.56. The number of esters is 2. The molecule has 4 atom stereocenters. The van der Waals surface area contributed by atoms with Gasteiger partial charge in [-0.3, -0.25) is 9.59 Å². The van der Waals surface area contributed by atoms with Crippen LogP contribution in [0.15, 0.2) is 24.3 Å². The van der Waals surface area contributed by atoms with E-state index in [0.717, 1.165) is 5.56 Å².